The highest BCUT2D eigenvalue weighted by atomic mass is 16.6. The van der Waals surface area contributed by atoms with Crippen LogP contribution < -0.4 is 0 Å². The standard InChI is InChI=1S/C29H54O2/c1-3-5-7-9-11-13-15-16-18-20-22-24-26-28-27(29(30)31-28)25-23-21-19-17-14-12-10-8-6-4-2/h26-27H,3-25H2,1-2H3. The molecule has 1 aliphatic rings. The molecule has 1 heterocycles. The summed E-state index contributed by atoms with van der Waals surface area (Å²) in [4.78, 5) is 11.8. The molecule has 0 N–H and O–H groups in total. The van der Waals surface area contributed by atoms with E-state index in [-0.39, 0.29) is 11.9 Å². The van der Waals surface area contributed by atoms with Crippen molar-refractivity contribution < 1.29 is 9.53 Å². The minimum atomic E-state index is 0.0149. The molecule has 31 heavy (non-hydrogen) atoms. The number of allylic oxidation sites excluding steroid dienone is 1. The van der Waals surface area contributed by atoms with E-state index >= 15 is 0 Å². The first-order chi connectivity index (χ1) is 15.3. The highest BCUT2D eigenvalue weighted by Crippen LogP contribution is 2.32. The number of carbonyl (C=O) groups excluding carboxylic acids is 1. The summed E-state index contributed by atoms with van der Waals surface area (Å²) in [5.74, 6) is 1.08. The zero-order valence-electron chi connectivity index (χ0n) is 21.2. The van der Waals surface area contributed by atoms with Gasteiger partial charge in [0.05, 0.1) is 0 Å². The van der Waals surface area contributed by atoms with E-state index in [1.165, 1.54) is 135 Å². The molecule has 1 rings (SSSR count). The molecule has 1 atom stereocenters. The number of ether oxygens (including phenoxy) is 1. The molecule has 182 valence electrons. The summed E-state index contributed by atoms with van der Waals surface area (Å²) in [6.45, 7) is 4.56. The Morgan fingerprint density at radius 2 is 0.968 bits per heavy atom. The van der Waals surface area contributed by atoms with Gasteiger partial charge in [-0.3, -0.25) is 4.79 Å². The van der Waals surface area contributed by atoms with Gasteiger partial charge in [-0.2, -0.15) is 0 Å². The van der Waals surface area contributed by atoms with Crippen LogP contribution in [-0.4, -0.2) is 5.97 Å². The Morgan fingerprint density at radius 3 is 1.39 bits per heavy atom. The molecule has 0 spiro atoms. The highest BCUT2D eigenvalue weighted by Gasteiger charge is 2.36. The van der Waals surface area contributed by atoms with Gasteiger partial charge in [0, 0.05) is 0 Å². The molecule has 0 saturated carbocycles. The topological polar surface area (TPSA) is 26.3 Å². The Labute approximate surface area is 195 Å². The first-order valence-electron chi connectivity index (χ1n) is 14.2. The zero-order chi connectivity index (χ0) is 22.4. The van der Waals surface area contributed by atoms with Gasteiger partial charge < -0.3 is 4.74 Å². The maximum Gasteiger partial charge on any atom is 0.321 e. The quantitative estimate of drug-likeness (QED) is 0.118. The van der Waals surface area contributed by atoms with Crippen molar-refractivity contribution in [3.8, 4) is 0 Å². The summed E-state index contributed by atoms with van der Waals surface area (Å²) in [5, 5.41) is 0. The van der Waals surface area contributed by atoms with E-state index in [2.05, 4.69) is 19.9 Å². The summed E-state index contributed by atoms with van der Waals surface area (Å²) < 4.78 is 5.32. The lowest BCUT2D eigenvalue weighted by atomic mass is 9.93. The predicted molar refractivity (Wildman–Crippen MR) is 135 cm³/mol. The Morgan fingerprint density at radius 1 is 0.581 bits per heavy atom. The lowest BCUT2D eigenvalue weighted by molar-refractivity contribution is -0.157. The number of esters is 1. The third-order valence-electron chi connectivity index (χ3n) is 6.85. The Kier molecular flexibility index (Phi) is 19.2. The number of unbranched alkanes of at least 4 members (excludes halogenated alkanes) is 20. The molecule has 1 fully saturated rings. The van der Waals surface area contributed by atoms with E-state index < -0.39 is 0 Å². The Balaban J connectivity index is 1.91. The second kappa shape index (κ2) is 21.1. The van der Waals surface area contributed by atoms with Gasteiger partial charge in [0.15, 0.2) is 0 Å². The predicted octanol–water partition coefficient (Wildman–Crippen LogP) is 10.1. The zero-order valence-corrected chi connectivity index (χ0v) is 21.2. The fraction of sp³-hybridized carbons (Fsp3) is 0.897. The lowest BCUT2D eigenvalue weighted by Gasteiger charge is -2.28. The first kappa shape index (κ1) is 28.2. The van der Waals surface area contributed by atoms with Gasteiger partial charge in [0.2, 0.25) is 0 Å². The fourth-order valence-electron chi connectivity index (χ4n) is 4.65. The molecular formula is C29H54O2. The first-order valence-corrected chi connectivity index (χ1v) is 14.2. The third-order valence-corrected chi connectivity index (χ3v) is 6.85. The van der Waals surface area contributed by atoms with Gasteiger partial charge in [0.25, 0.3) is 0 Å². The van der Waals surface area contributed by atoms with Crippen LogP contribution in [0, 0.1) is 5.92 Å². The minimum Gasteiger partial charge on any atom is -0.430 e. The van der Waals surface area contributed by atoms with Crippen molar-refractivity contribution in [3.63, 3.8) is 0 Å². The maximum absolute atomic E-state index is 11.8. The molecule has 2 nitrogen and oxygen atoms in total. The lowest BCUT2D eigenvalue weighted by Crippen LogP contribution is -2.32. The minimum absolute atomic E-state index is 0.0149. The van der Waals surface area contributed by atoms with E-state index in [4.69, 9.17) is 4.74 Å². The summed E-state index contributed by atoms with van der Waals surface area (Å²) in [6, 6.07) is 0. The molecule has 1 unspecified atom stereocenters. The number of hydrogen-bond acceptors (Lipinski definition) is 2. The molecule has 1 aliphatic heterocycles. The third kappa shape index (κ3) is 15.6. The van der Waals surface area contributed by atoms with Crippen molar-refractivity contribution in [3.05, 3.63) is 11.8 Å². The molecule has 0 aliphatic carbocycles. The van der Waals surface area contributed by atoms with Crippen LogP contribution in [0.1, 0.15) is 162 Å². The van der Waals surface area contributed by atoms with Gasteiger partial charge in [-0.1, -0.05) is 142 Å². The maximum atomic E-state index is 11.8. The number of carbonyl (C=O) groups is 1. The van der Waals surface area contributed by atoms with E-state index in [1.54, 1.807) is 0 Å². The van der Waals surface area contributed by atoms with Crippen molar-refractivity contribution in [1.29, 1.82) is 0 Å². The second-order valence-corrected chi connectivity index (χ2v) is 9.88. The van der Waals surface area contributed by atoms with Gasteiger partial charge in [-0.25, -0.2) is 0 Å². The van der Waals surface area contributed by atoms with Crippen LogP contribution in [0.2, 0.25) is 0 Å². The van der Waals surface area contributed by atoms with Crippen LogP contribution in [0.15, 0.2) is 11.8 Å². The summed E-state index contributed by atoms with van der Waals surface area (Å²) in [7, 11) is 0. The Bertz CT molecular complexity index is 440. The summed E-state index contributed by atoms with van der Waals surface area (Å²) in [6.07, 6.45) is 32.9. The van der Waals surface area contributed by atoms with Crippen LogP contribution in [0.25, 0.3) is 0 Å². The number of cyclic esters (lactones) is 1. The normalized spacial score (nSPS) is 17.2. The van der Waals surface area contributed by atoms with Gasteiger partial charge >= 0.3 is 5.97 Å². The molecule has 0 aromatic carbocycles. The number of rotatable bonds is 23. The monoisotopic (exact) mass is 434 g/mol. The molecule has 0 aromatic heterocycles. The summed E-state index contributed by atoms with van der Waals surface area (Å²) >= 11 is 0. The van der Waals surface area contributed by atoms with E-state index in [9.17, 15) is 4.79 Å². The van der Waals surface area contributed by atoms with Crippen LogP contribution >= 0.6 is 0 Å². The Hall–Kier alpha value is -0.790. The van der Waals surface area contributed by atoms with Crippen LogP contribution in [-0.2, 0) is 9.53 Å². The average Bonchev–Trinajstić information content (AvgIpc) is 2.77. The SMILES string of the molecule is CCCCCCCCCCCCCC=C1OC(=O)C1CCCCCCCCCCCC. The highest BCUT2D eigenvalue weighted by molar-refractivity contribution is 5.82. The summed E-state index contributed by atoms with van der Waals surface area (Å²) in [5.41, 5.74) is 0. The molecule has 0 aromatic rings. The van der Waals surface area contributed by atoms with Crippen molar-refractivity contribution in [2.75, 3.05) is 0 Å². The molecule has 0 bridgehead atoms. The number of hydrogen-bond donors (Lipinski definition) is 0. The largest absolute Gasteiger partial charge is 0.430 e. The fourth-order valence-corrected chi connectivity index (χ4v) is 4.65. The van der Waals surface area contributed by atoms with Crippen molar-refractivity contribution in [2.45, 2.75) is 162 Å². The molecule has 0 radical (unpaired) electrons. The van der Waals surface area contributed by atoms with Crippen LogP contribution in [0.4, 0.5) is 0 Å². The molecule has 1 saturated heterocycles. The smallest absolute Gasteiger partial charge is 0.321 e. The van der Waals surface area contributed by atoms with Crippen molar-refractivity contribution in [2.24, 2.45) is 5.92 Å². The van der Waals surface area contributed by atoms with E-state index in [0.29, 0.717) is 0 Å². The van der Waals surface area contributed by atoms with Crippen LogP contribution in [0.5, 0.6) is 0 Å². The van der Waals surface area contributed by atoms with Gasteiger partial charge in [-0.15, -0.1) is 0 Å². The molecular weight excluding hydrogens is 380 g/mol. The van der Waals surface area contributed by atoms with Crippen LogP contribution in [0.3, 0.4) is 0 Å². The van der Waals surface area contributed by atoms with E-state index in [1.807, 2.05) is 0 Å². The second-order valence-electron chi connectivity index (χ2n) is 9.88. The van der Waals surface area contributed by atoms with E-state index in [0.717, 1.165) is 18.6 Å². The van der Waals surface area contributed by atoms with Gasteiger partial charge in [0.1, 0.15) is 11.7 Å². The average molecular weight is 435 g/mol. The van der Waals surface area contributed by atoms with Crippen molar-refractivity contribution >= 4 is 5.97 Å². The molecule has 0 amide bonds. The molecule has 2 heteroatoms. The van der Waals surface area contributed by atoms with Gasteiger partial charge in [-0.05, 0) is 25.3 Å². The van der Waals surface area contributed by atoms with Crippen molar-refractivity contribution in [1.82, 2.24) is 0 Å².